The molecule has 6 N–H and O–H groups in total. The van der Waals surface area contributed by atoms with E-state index in [2.05, 4.69) is 38.1 Å². The molecule has 0 radical (unpaired) electrons. The molecule has 1 aromatic rings. The molecule has 50 heavy (non-hydrogen) atoms. The summed E-state index contributed by atoms with van der Waals surface area (Å²) in [6, 6.07) is 1.89. The predicted octanol–water partition coefficient (Wildman–Crippen LogP) is 3.46. The lowest BCUT2D eigenvalue weighted by atomic mass is 9.92. The van der Waals surface area contributed by atoms with Crippen molar-refractivity contribution in [2.75, 3.05) is 12.0 Å². The Bertz CT molecular complexity index is 1240. The van der Waals surface area contributed by atoms with Crippen LogP contribution in [0.2, 0.25) is 0 Å². The summed E-state index contributed by atoms with van der Waals surface area (Å²) in [5.41, 5.74) is -0.0814. The fourth-order valence-corrected chi connectivity index (χ4v) is 5.46. The van der Waals surface area contributed by atoms with E-state index < -0.39 is 65.6 Å². The average molecular weight is 721 g/mol. The van der Waals surface area contributed by atoms with Gasteiger partial charge in [0.05, 0.1) is 24.4 Å². The van der Waals surface area contributed by atoms with Gasteiger partial charge >= 0.3 is 6.09 Å². The highest BCUT2D eigenvalue weighted by atomic mass is 32.2. The number of aliphatic hydroxyl groups is 1. The highest BCUT2D eigenvalue weighted by Gasteiger charge is 2.33. The van der Waals surface area contributed by atoms with Gasteiger partial charge in [-0.1, -0.05) is 46.8 Å². The summed E-state index contributed by atoms with van der Waals surface area (Å²) in [4.78, 5) is 69.8. The minimum Gasteiger partial charge on any atom is -0.444 e. The first-order valence-corrected chi connectivity index (χ1v) is 18.6. The number of hydrogen-bond donors (Lipinski definition) is 6. The van der Waals surface area contributed by atoms with Crippen LogP contribution in [0.4, 0.5) is 4.79 Å². The van der Waals surface area contributed by atoms with Gasteiger partial charge in [0.1, 0.15) is 23.7 Å². The van der Waals surface area contributed by atoms with Gasteiger partial charge in [0, 0.05) is 12.1 Å². The number of aromatic nitrogens is 1. The molecule has 0 fully saturated rings. The first-order chi connectivity index (χ1) is 23.4. The Morgan fingerprint density at radius 3 is 2.12 bits per heavy atom. The highest BCUT2D eigenvalue weighted by Crippen LogP contribution is 2.17. The zero-order valence-electron chi connectivity index (χ0n) is 31.2. The summed E-state index contributed by atoms with van der Waals surface area (Å²) < 4.78 is 5.33. The normalized spacial score (nSPS) is 15.1. The third-order valence-corrected chi connectivity index (χ3v) is 8.27. The predicted molar refractivity (Wildman–Crippen MR) is 197 cm³/mol. The summed E-state index contributed by atoms with van der Waals surface area (Å²) in [5, 5.41) is 25.2. The van der Waals surface area contributed by atoms with Crippen molar-refractivity contribution in [3.63, 3.8) is 0 Å². The number of carbonyl (C=O) groups excluding carboxylic acids is 5. The summed E-state index contributed by atoms with van der Waals surface area (Å²) in [7, 11) is 0. The van der Waals surface area contributed by atoms with Crippen LogP contribution >= 0.6 is 11.8 Å². The SMILES string of the molecule is C=CC[C@H](NC(=O)[C@H](C)C[C@H](O)[C@H](CC(C)C)NC(=O)[C@H](CCSC)NC(=O)[C@@H](NC(=O)OC(C)(C)C)C(C)C)C(=O)NCc1ccccn1. The Morgan fingerprint density at radius 1 is 0.920 bits per heavy atom. The second-order valence-corrected chi connectivity index (χ2v) is 15.3. The maximum atomic E-state index is 13.7. The Balaban J connectivity index is 3.00. The Morgan fingerprint density at radius 2 is 1.58 bits per heavy atom. The average Bonchev–Trinajstić information content (AvgIpc) is 3.02. The number of amides is 5. The molecule has 13 nitrogen and oxygen atoms in total. The largest absolute Gasteiger partial charge is 0.444 e. The van der Waals surface area contributed by atoms with Gasteiger partial charge in [-0.3, -0.25) is 24.2 Å². The number of rotatable bonds is 21. The Labute approximate surface area is 302 Å². The molecule has 0 aliphatic heterocycles. The fourth-order valence-electron chi connectivity index (χ4n) is 4.99. The Hall–Kier alpha value is -3.65. The molecule has 14 heteroatoms. The van der Waals surface area contributed by atoms with Crippen molar-refractivity contribution in [2.24, 2.45) is 17.8 Å². The molecular formula is C36H60N6O7S. The van der Waals surface area contributed by atoms with Crippen LogP contribution in [0, 0.1) is 17.8 Å². The smallest absolute Gasteiger partial charge is 0.408 e. The number of thioether (sulfide) groups is 1. The van der Waals surface area contributed by atoms with Crippen molar-refractivity contribution < 1.29 is 33.8 Å². The van der Waals surface area contributed by atoms with Crippen LogP contribution in [-0.4, -0.2) is 87.7 Å². The van der Waals surface area contributed by atoms with E-state index in [1.165, 1.54) is 11.8 Å². The third-order valence-electron chi connectivity index (χ3n) is 7.63. The number of nitrogens with one attached hydrogen (secondary N) is 5. The van der Waals surface area contributed by atoms with E-state index in [0.29, 0.717) is 24.3 Å². The van der Waals surface area contributed by atoms with Crippen molar-refractivity contribution in [1.29, 1.82) is 0 Å². The van der Waals surface area contributed by atoms with Crippen LogP contribution in [0.15, 0.2) is 37.1 Å². The molecule has 1 heterocycles. The lowest BCUT2D eigenvalue weighted by Gasteiger charge is -2.30. The summed E-state index contributed by atoms with van der Waals surface area (Å²) >= 11 is 1.51. The molecule has 0 saturated heterocycles. The van der Waals surface area contributed by atoms with Crippen molar-refractivity contribution in [3.8, 4) is 0 Å². The summed E-state index contributed by atoms with van der Waals surface area (Å²) in [5.74, 6) is -2.18. The molecule has 0 spiro atoms. The second kappa shape index (κ2) is 22.2. The molecule has 1 aromatic heterocycles. The van der Waals surface area contributed by atoms with E-state index in [1.807, 2.05) is 26.2 Å². The van der Waals surface area contributed by atoms with E-state index in [1.54, 1.807) is 65.9 Å². The van der Waals surface area contributed by atoms with Gasteiger partial charge < -0.3 is 36.4 Å². The highest BCUT2D eigenvalue weighted by molar-refractivity contribution is 7.98. The number of nitrogens with zero attached hydrogens (tertiary/aromatic N) is 1. The van der Waals surface area contributed by atoms with Crippen LogP contribution in [0.5, 0.6) is 0 Å². The van der Waals surface area contributed by atoms with Gasteiger partial charge in [0.25, 0.3) is 0 Å². The van der Waals surface area contributed by atoms with E-state index in [9.17, 15) is 29.1 Å². The molecular weight excluding hydrogens is 660 g/mol. The molecule has 0 bridgehead atoms. The second-order valence-electron chi connectivity index (χ2n) is 14.3. The molecule has 1 rings (SSSR count). The molecule has 6 atom stereocenters. The number of carbonyl (C=O) groups is 5. The molecule has 0 aliphatic carbocycles. The molecule has 0 saturated carbocycles. The van der Waals surface area contributed by atoms with E-state index in [-0.39, 0.29) is 37.1 Å². The topological polar surface area (TPSA) is 188 Å². The van der Waals surface area contributed by atoms with Crippen LogP contribution < -0.4 is 26.6 Å². The van der Waals surface area contributed by atoms with Crippen molar-refractivity contribution in [1.82, 2.24) is 31.6 Å². The molecule has 0 aromatic carbocycles. The number of alkyl carbamates (subject to hydrolysis) is 1. The monoisotopic (exact) mass is 720 g/mol. The van der Waals surface area contributed by atoms with Gasteiger partial charge in [0.2, 0.25) is 23.6 Å². The van der Waals surface area contributed by atoms with E-state index in [0.717, 1.165) is 0 Å². The van der Waals surface area contributed by atoms with E-state index >= 15 is 0 Å². The number of aliphatic hydroxyl groups excluding tert-OH is 1. The van der Waals surface area contributed by atoms with Crippen LogP contribution in [0.3, 0.4) is 0 Å². The van der Waals surface area contributed by atoms with Crippen molar-refractivity contribution >= 4 is 41.5 Å². The van der Waals surface area contributed by atoms with Gasteiger partial charge in [0.15, 0.2) is 0 Å². The maximum Gasteiger partial charge on any atom is 0.408 e. The lowest BCUT2D eigenvalue weighted by molar-refractivity contribution is -0.132. The number of ether oxygens (including phenoxy) is 1. The first-order valence-electron chi connectivity index (χ1n) is 17.2. The Kier molecular flexibility index (Phi) is 19.7. The van der Waals surface area contributed by atoms with Crippen molar-refractivity contribution in [3.05, 3.63) is 42.7 Å². The minimum atomic E-state index is -1.10. The quantitative estimate of drug-likeness (QED) is 0.103. The van der Waals surface area contributed by atoms with Gasteiger partial charge in [-0.2, -0.15) is 11.8 Å². The number of hydrogen-bond acceptors (Lipinski definition) is 9. The number of pyridine rings is 1. The summed E-state index contributed by atoms with van der Waals surface area (Å²) in [6.45, 7) is 18.2. The van der Waals surface area contributed by atoms with Gasteiger partial charge in [-0.05, 0) is 82.4 Å². The first kappa shape index (κ1) is 44.4. The zero-order chi connectivity index (χ0) is 38.0. The third kappa shape index (κ3) is 17.3. The van der Waals surface area contributed by atoms with Gasteiger partial charge in [-0.25, -0.2) is 4.79 Å². The molecule has 0 unspecified atom stereocenters. The van der Waals surface area contributed by atoms with E-state index in [4.69, 9.17) is 4.74 Å². The van der Waals surface area contributed by atoms with Crippen LogP contribution in [0.25, 0.3) is 0 Å². The molecule has 5 amide bonds. The lowest BCUT2D eigenvalue weighted by Crippen LogP contribution is -2.58. The van der Waals surface area contributed by atoms with Crippen LogP contribution in [0.1, 0.15) is 86.8 Å². The molecule has 282 valence electrons. The van der Waals surface area contributed by atoms with Crippen LogP contribution in [-0.2, 0) is 30.5 Å². The fraction of sp³-hybridized carbons (Fsp3) is 0.667. The maximum absolute atomic E-state index is 13.7. The summed E-state index contributed by atoms with van der Waals surface area (Å²) in [6.07, 6.45) is 4.15. The molecule has 0 aliphatic rings. The minimum absolute atomic E-state index is 0.0108. The van der Waals surface area contributed by atoms with Gasteiger partial charge in [-0.15, -0.1) is 6.58 Å². The zero-order valence-corrected chi connectivity index (χ0v) is 32.0. The standard InChI is InChI=1S/C36H60N6O7S/c1-11-14-26(32(45)38-21-25-15-12-13-17-37-25)39-31(44)24(6)20-29(43)28(19-22(2)3)41-33(46)27(16-18-50-10)40-34(47)30(23(4)5)42-35(48)49-36(7,8)9/h11-13,15,17,22-24,26-30,43H,1,14,16,18-21H2,2-10H3,(H,38,45)(H,39,44)(H,40,47)(H,41,46)(H,42,48)/t24-,26+,27+,28+,29+,30+/m1/s1. The van der Waals surface area contributed by atoms with Crippen molar-refractivity contribution in [2.45, 2.75) is 123 Å².